The van der Waals surface area contributed by atoms with Crippen molar-refractivity contribution in [3.8, 4) is 0 Å². The second-order valence-electron chi connectivity index (χ2n) is 6.83. The molecule has 0 amide bonds. The van der Waals surface area contributed by atoms with Gasteiger partial charge in [0.2, 0.25) is 5.95 Å². The minimum Gasteiger partial charge on any atom is -0.340 e. The highest BCUT2D eigenvalue weighted by atomic mass is 32.1. The number of hydrogen-bond acceptors (Lipinski definition) is 3. The number of nitrogens with one attached hydrogen (secondary N) is 1. The van der Waals surface area contributed by atoms with Gasteiger partial charge in [-0.1, -0.05) is 33.1 Å². The smallest absolute Gasteiger partial charge is 0.225 e. The highest BCUT2D eigenvalue weighted by Crippen LogP contribution is 2.35. The maximum atomic E-state index is 5.46. The SMILES string of the molecule is CC1(C)CCN(c2n[nH]c(=S)n2C2CCCCC2)C1. The third-order valence-electron chi connectivity index (χ3n) is 4.59. The molecule has 2 aliphatic rings. The number of aromatic amines is 1. The van der Waals surface area contributed by atoms with Crippen molar-refractivity contribution < 1.29 is 0 Å². The molecule has 0 unspecified atom stereocenters. The molecule has 0 aromatic carbocycles. The third kappa shape index (κ3) is 2.57. The van der Waals surface area contributed by atoms with Crippen LogP contribution in [0.4, 0.5) is 5.95 Å². The number of rotatable bonds is 2. The van der Waals surface area contributed by atoms with E-state index >= 15 is 0 Å². The van der Waals surface area contributed by atoms with Crippen LogP contribution in [0.25, 0.3) is 0 Å². The zero-order valence-electron chi connectivity index (χ0n) is 12.0. The number of aromatic nitrogens is 3. The lowest BCUT2D eigenvalue weighted by atomic mass is 9.93. The predicted octanol–water partition coefficient (Wildman–Crippen LogP) is 3.68. The van der Waals surface area contributed by atoms with Gasteiger partial charge in [0.25, 0.3) is 0 Å². The molecule has 1 aliphatic heterocycles. The molecule has 2 heterocycles. The van der Waals surface area contributed by atoms with Crippen LogP contribution >= 0.6 is 12.2 Å². The molecule has 0 spiro atoms. The minimum absolute atomic E-state index is 0.394. The first-order valence-electron chi connectivity index (χ1n) is 7.49. The van der Waals surface area contributed by atoms with E-state index in [0.717, 1.165) is 23.8 Å². The molecular formula is C14H24N4S. The minimum atomic E-state index is 0.394. The van der Waals surface area contributed by atoms with Gasteiger partial charge >= 0.3 is 0 Å². The second-order valence-corrected chi connectivity index (χ2v) is 7.21. The van der Waals surface area contributed by atoms with Crippen LogP contribution in [-0.2, 0) is 0 Å². The van der Waals surface area contributed by atoms with Crippen molar-refractivity contribution in [2.75, 3.05) is 18.0 Å². The van der Waals surface area contributed by atoms with Crippen LogP contribution in [-0.4, -0.2) is 27.9 Å². The summed E-state index contributed by atoms with van der Waals surface area (Å²) in [4.78, 5) is 2.40. The molecule has 5 heteroatoms. The van der Waals surface area contributed by atoms with Crippen LogP contribution in [0.15, 0.2) is 0 Å². The number of hydrogen-bond donors (Lipinski definition) is 1. The van der Waals surface area contributed by atoms with Crippen molar-refractivity contribution in [3.05, 3.63) is 4.77 Å². The van der Waals surface area contributed by atoms with Crippen molar-refractivity contribution in [1.82, 2.24) is 14.8 Å². The lowest BCUT2D eigenvalue weighted by Crippen LogP contribution is -2.27. The van der Waals surface area contributed by atoms with Crippen LogP contribution < -0.4 is 4.90 Å². The summed E-state index contributed by atoms with van der Waals surface area (Å²) < 4.78 is 3.09. The van der Waals surface area contributed by atoms with Crippen molar-refractivity contribution in [2.24, 2.45) is 5.41 Å². The Bertz CT molecular complexity index is 496. The summed E-state index contributed by atoms with van der Waals surface area (Å²) in [5.74, 6) is 1.07. The number of anilines is 1. The van der Waals surface area contributed by atoms with Gasteiger partial charge in [-0.15, -0.1) is 5.10 Å². The molecule has 19 heavy (non-hydrogen) atoms. The summed E-state index contributed by atoms with van der Waals surface area (Å²) >= 11 is 5.46. The quantitative estimate of drug-likeness (QED) is 0.840. The average Bonchev–Trinajstić information content (AvgIpc) is 2.93. The van der Waals surface area contributed by atoms with E-state index in [1.165, 1.54) is 38.5 Å². The second kappa shape index (κ2) is 4.93. The Morgan fingerprint density at radius 2 is 2.00 bits per heavy atom. The number of H-pyrrole nitrogens is 1. The molecule has 1 N–H and O–H groups in total. The van der Waals surface area contributed by atoms with Gasteiger partial charge in [-0.2, -0.15) is 0 Å². The highest BCUT2D eigenvalue weighted by Gasteiger charge is 2.33. The van der Waals surface area contributed by atoms with Crippen molar-refractivity contribution in [2.45, 2.75) is 58.4 Å². The molecule has 0 atom stereocenters. The molecule has 1 aliphatic carbocycles. The van der Waals surface area contributed by atoms with E-state index in [-0.39, 0.29) is 0 Å². The molecule has 106 valence electrons. The Morgan fingerprint density at radius 3 is 2.63 bits per heavy atom. The molecule has 4 nitrogen and oxygen atoms in total. The largest absolute Gasteiger partial charge is 0.340 e. The molecule has 0 bridgehead atoms. The van der Waals surface area contributed by atoms with Gasteiger partial charge in [0.05, 0.1) is 0 Å². The van der Waals surface area contributed by atoms with Crippen molar-refractivity contribution >= 4 is 18.2 Å². The normalized spacial score (nSPS) is 24.0. The molecule has 1 saturated heterocycles. The van der Waals surface area contributed by atoms with E-state index in [9.17, 15) is 0 Å². The van der Waals surface area contributed by atoms with Crippen LogP contribution in [0.3, 0.4) is 0 Å². The Balaban J connectivity index is 1.88. The zero-order valence-corrected chi connectivity index (χ0v) is 12.8. The average molecular weight is 280 g/mol. The number of nitrogens with zero attached hydrogens (tertiary/aromatic N) is 3. The summed E-state index contributed by atoms with van der Waals surface area (Å²) in [6.07, 6.45) is 7.74. The van der Waals surface area contributed by atoms with Gasteiger partial charge < -0.3 is 4.90 Å². The lowest BCUT2D eigenvalue weighted by Gasteiger charge is -2.27. The molecule has 3 rings (SSSR count). The van der Waals surface area contributed by atoms with Crippen LogP contribution in [0.1, 0.15) is 58.4 Å². The van der Waals surface area contributed by atoms with E-state index < -0.39 is 0 Å². The van der Waals surface area contributed by atoms with Crippen molar-refractivity contribution in [3.63, 3.8) is 0 Å². The molecule has 1 aromatic rings. The van der Waals surface area contributed by atoms with E-state index in [1.54, 1.807) is 0 Å². The monoisotopic (exact) mass is 280 g/mol. The molecule has 0 radical (unpaired) electrons. The van der Waals surface area contributed by atoms with Gasteiger partial charge in [0, 0.05) is 19.1 Å². The Kier molecular flexibility index (Phi) is 3.41. The van der Waals surface area contributed by atoms with E-state index in [1.807, 2.05) is 0 Å². The van der Waals surface area contributed by atoms with Gasteiger partial charge in [-0.05, 0) is 36.9 Å². The van der Waals surface area contributed by atoms with E-state index in [2.05, 4.69) is 33.5 Å². The summed E-state index contributed by atoms with van der Waals surface area (Å²) in [5.41, 5.74) is 0.394. The van der Waals surface area contributed by atoms with E-state index in [0.29, 0.717) is 11.5 Å². The summed E-state index contributed by atoms with van der Waals surface area (Å²) in [7, 11) is 0. The maximum absolute atomic E-state index is 5.46. The third-order valence-corrected chi connectivity index (χ3v) is 4.87. The van der Waals surface area contributed by atoms with E-state index in [4.69, 9.17) is 12.2 Å². The Hall–Kier alpha value is -0.840. The first-order valence-corrected chi connectivity index (χ1v) is 7.89. The maximum Gasteiger partial charge on any atom is 0.225 e. The van der Waals surface area contributed by atoms with Crippen LogP contribution in [0.5, 0.6) is 0 Å². The first-order chi connectivity index (χ1) is 9.07. The summed E-state index contributed by atoms with van der Waals surface area (Å²) in [5, 5.41) is 7.52. The summed E-state index contributed by atoms with van der Waals surface area (Å²) in [6.45, 7) is 6.84. The predicted molar refractivity (Wildman–Crippen MR) is 80.1 cm³/mol. The van der Waals surface area contributed by atoms with Crippen LogP contribution in [0, 0.1) is 10.2 Å². The van der Waals surface area contributed by atoms with Gasteiger partial charge in [0.1, 0.15) is 0 Å². The fourth-order valence-electron chi connectivity index (χ4n) is 3.47. The zero-order chi connectivity index (χ0) is 13.5. The Labute approximate surface area is 120 Å². The Morgan fingerprint density at radius 1 is 1.26 bits per heavy atom. The first kappa shape index (κ1) is 13.2. The van der Waals surface area contributed by atoms with Gasteiger partial charge in [0.15, 0.2) is 4.77 Å². The molecule has 1 saturated carbocycles. The van der Waals surface area contributed by atoms with Gasteiger partial charge in [-0.3, -0.25) is 4.57 Å². The highest BCUT2D eigenvalue weighted by molar-refractivity contribution is 7.71. The molecule has 2 fully saturated rings. The standard InChI is InChI=1S/C14H24N4S/c1-14(2)8-9-17(10-14)12-15-16-13(19)18(12)11-6-4-3-5-7-11/h11H,3-10H2,1-2H3,(H,16,19). The van der Waals surface area contributed by atoms with Crippen molar-refractivity contribution in [1.29, 1.82) is 0 Å². The van der Waals surface area contributed by atoms with Gasteiger partial charge in [-0.25, -0.2) is 5.10 Å². The molecular weight excluding hydrogens is 256 g/mol. The van der Waals surface area contributed by atoms with Crippen LogP contribution in [0.2, 0.25) is 0 Å². The fraction of sp³-hybridized carbons (Fsp3) is 0.857. The fourth-order valence-corrected chi connectivity index (χ4v) is 3.75. The molecule has 1 aromatic heterocycles. The topological polar surface area (TPSA) is 36.9 Å². The summed E-state index contributed by atoms with van der Waals surface area (Å²) in [6, 6.07) is 0.554. The lowest BCUT2D eigenvalue weighted by molar-refractivity contribution is 0.350.